The molecule has 0 aliphatic carbocycles. The number of nitrogens with one attached hydrogen (secondary N) is 1. The number of rotatable bonds is 5. The summed E-state index contributed by atoms with van der Waals surface area (Å²) < 4.78 is 6.38. The zero-order chi connectivity index (χ0) is 15.6. The van der Waals surface area contributed by atoms with Gasteiger partial charge in [-0.3, -0.25) is 24.7 Å². The van der Waals surface area contributed by atoms with Crippen LogP contribution in [0.3, 0.4) is 0 Å². The summed E-state index contributed by atoms with van der Waals surface area (Å²) in [5, 5.41) is 21.0. The zero-order valence-electron chi connectivity index (χ0n) is 11.7. The lowest BCUT2D eigenvalue weighted by atomic mass is 10.3. The average molecular weight is 294 g/mol. The Kier molecular flexibility index (Phi) is 3.87. The van der Waals surface area contributed by atoms with Crippen LogP contribution in [0, 0.1) is 10.1 Å². The van der Waals surface area contributed by atoms with Crippen molar-refractivity contribution in [3.05, 3.63) is 33.8 Å². The number of aryl methyl sites for hydroxylation is 1. The van der Waals surface area contributed by atoms with Crippen molar-refractivity contribution in [3.8, 4) is 5.88 Å². The van der Waals surface area contributed by atoms with E-state index in [-0.39, 0.29) is 18.1 Å². The number of carbonyl (C=O) groups is 1. The van der Waals surface area contributed by atoms with Gasteiger partial charge in [0.2, 0.25) is 5.69 Å². The fourth-order valence-corrected chi connectivity index (χ4v) is 1.87. The summed E-state index contributed by atoms with van der Waals surface area (Å²) >= 11 is 0. The van der Waals surface area contributed by atoms with Crippen LogP contribution >= 0.6 is 0 Å². The van der Waals surface area contributed by atoms with Crippen LogP contribution in [0.2, 0.25) is 0 Å². The van der Waals surface area contributed by atoms with Crippen LogP contribution in [0.4, 0.5) is 5.69 Å². The minimum atomic E-state index is -0.701. The summed E-state index contributed by atoms with van der Waals surface area (Å²) in [6.07, 6.45) is 3.37. The van der Waals surface area contributed by atoms with E-state index in [1.54, 1.807) is 24.1 Å². The highest BCUT2D eigenvalue weighted by Crippen LogP contribution is 2.28. The SMILES string of the molecule is COc1n[nH]c(C(=O)N(C)Cc2cnn(C)c2)c1[N+](=O)[O-]. The molecule has 10 heteroatoms. The van der Waals surface area contributed by atoms with E-state index in [9.17, 15) is 14.9 Å². The largest absolute Gasteiger partial charge is 0.475 e. The molecule has 0 aliphatic rings. The molecule has 0 atom stereocenters. The fraction of sp³-hybridized carbons (Fsp3) is 0.364. The van der Waals surface area contributed by atoms with Gasteiger partial charge in [-0.25, -0.2) is 0 Å². The molecule has 2 aromatic rings. The molecular formula is C11H14N6O4. The molecule has 0 unspecified atom stereocenters. The summed E-state index contributed by atoms with van der Waals surface area (Å²) in [5.74, 6) is -0.778. The Morgan fingerprint density at radius 3 is 2.86 bits per heavy atom. The van der Waals surface area contributed by atoms with E-state index in [2.05, 4.69) is 15.3 Å². The number of methoxy groups -OCH3 is 1. The van der Waals surface area contributed by atoms with Crippen LogP contribution in [-0.4, -0.2) is 49.9 Å². The Morgan fingerprint density at radius 2 is 2.33 bits per heavy atom. The second kappa shape index (κ2) is 5.61. The molecule has 0 aliphatic heterocycles. The van der Waals surface area contributed by atoms with Gasteiger partial charge >= 0.3 is 11.6 Å². The Balaban J connectivity index is 2.23. The van der Waals surface area contributed by atoms with Crippen LogP contribution in [0.5, 0.6) is 5.88 Å². The monoisotopic (exact) mass is 294 g/mol. The van der Waals surface area contributed by atoms with E-state index in [4.69, 9.17) is 4.74 Å². The summed E-state index contributed by atoms with van der Waals surface area (Å²) in [5.41, 5.74) is 0.117. The lowest BCUT2D eigenvalue weighted by Crippen LogP contribution is -2.27. The molecular weight excluding hydrogens is 280 g/mol. The highest BCUT2D eigenvalue weighted by Gasteiger charge is 2.31. The number of hydrogen-bond acceptors (Lipinski definition) is 6. The van der Waals surface area contributed by atoms with Crippen LogP contribution < -0.4 is 4.74 Å². The minimum absolute atomic E-state index is 0.219. The first-order chi connectivity index (χ1) is 9.93. The molecule has 0 radical (unpaired) electrons. The van der Waals surface area contributed by atoms with Gasteiger partial charge in [0.1, 0.15) is 0 Å². The van der Waals surface area contributed by atoms with Gasteiger partial charge in [-0.2, -0.15) is 5.10 Å². The van der Waals surface area contributed by atoms with Gasteiger partial charge in [-0.05, 0) is 0 Å². The van der Waals surface area contributed by atoms with Crippen LogP contribution in [0.25, 0.3) is 0 Å². The van der Waals surface area contributed by atoms with Gasteiger partial charge in [0.15, 0.2) is 0 Å². The highest BCUT2D eigenvalue weighted by molar-refractivity contribution is 5.96. The minimum Gasteiger partial charge on any atom is -0.475 e. The molecule has 1 amide bonds. The second-order valence-corrected chi connectivity index (χ2v) is 4.40. The van der Waals surface area contributed by atoms with Crippen molar-refractivity contribution >= 4 is 11.6 Å². The van der Waals surface area contributed by atoms with Gasteiger partial charge in [0.25, 0.3) is 5.91 Å². The molecule has 0 bridgehead atoms. The van der Waals surface area contributed by atoms with E-state index in [1.807, 2.05) is 0 Å². The molecule has 2 heterocycles. The van der Waals surface area contributed by atoms with E-state index >= 15 is 0 Å². The topological polar surface area (TPSA) is 119 Å². The van der Waals surface area contributed by atoms with Crippen LogP contribution in [0.15, 0.2) is 12.4 Å². The number of aromatic nitrogens is 4. The second-order valence-electron chi connectivity index (χ2n) is 4.40. The van der Waals surface area contributed by atoms with Crippen LogP contribution in [0.1, 0.15) is 16.1 Å². The van der Waals surface area contributed by atoms with Gasteiger partial charge in [-0.15, -0.1) is 5.10 Å². The van der Waals surface area contributed by atoms with Crippen molar-refractivity contribution in [1.82, 2.24) is 24.9 Å². The summed E-state index contributed by atoms with van der Waals surface area (Å²) in [6, 6.07) is 0. The normalized spacial score (nSPS) is 10.4. The van der Waals surface area contributed by atoms with Crippen molar-refractivity contribution in [3.63, 3.8) is 0 Å². The molecule has 0 saturated carbocycles. The highest BCUT2D eigenvalue weighted by atomic mass is 16.6. The summed E-state index contributed by atoms with van der Waals surface area (Å²) in [4.78, 5) is 23.9. The number of H-pyrrole nitrogens is 1. The summed E-state index contributed by atoms with van der Waals surface area (Å²) in [6.45, 7) is 0.269. The average Bonchev–Trinajstić information content (AvgIpc) is 3.03. The maximum atomic E-state index is 12.3. The number of nitro groups is 1. The molecule has 1 N–H and O–H groups in total. The quantitative estimate of drug-likeness (QED) is 0.627. The molecule has 0 fully saturated rings. The Hall–Kier alpha value is -2.91. The molecule has 10 nitrogen and oxygen atoms in total. The van der Waals surface area contributed by atoms with Gasteiger partial charge in [0.05, 0.1) is 18.2 Å². The number of nitrogens with zero attached hydrogens (tertiary/aromatic N) is 5. The third-order valence-corrected chi connectivity index (χ3v) is 2.82. The Bertz CT molecular complexity index is 676. The first kappa shape index (κ1) is 14.5. The predicted molar refractivity (Wildman–Crippen MR) is 70.8 cm³/mol. The predicted octanol–water partition coefficient (Wildman–Crippen LogP) is 0.332. The first-order valence-corrected chi connectivity index (χ1v) is 5.93. The lowest BCUT2D eigenvalue weighted by molar-refractivity contribution is -0.386. The number of carbonyl (C=O) groups excluding carboxylic acids is 1. The Labute approximate surface area is 119 Å². The number of aromatic amines is 1. The summed E-state index contributed by atoms with van der Waals surface area (Å²) in [7, 11) is 4.54. The van der Waals surface area contributed by atoms with Crippen molar-refractivity contribution in [2.24, 2.45) is 7.05 Å². The molecule has 2 rings (SSSR count). The molecule has 21 heavy (non-hydrogen) atoms. The number of amides is 1. The van der Waals surface area contributed by atoms with Gasteiger partial charge in [-0.1, -0.05) is 0 Å². The first-order valence-electron chi connectivity index (χ1n) is 5.93. The smallest absolute Gasteiger partial charge is 0.362 e. The van der Waals surface area contributed by atoms with Crippen molar-refractivity contribution < 1.29 is 14.5 Å². The maximum absolute atomic E-state index is 12.3. The molecule has 0 saturated heterocycles. The van der Waals surface area contributed by atoms with E-state index in [0.29, 0.717) is 0 Å². The third-order valence-electron chi connectivity index (χ3n) is 2.82. The van der Waals surface area contributed by atoms with E-state index < -0.39 is 16.5 Å². The third kappa shape index (κ3) is 2.83. The standard InChI is InChI=1S/C11H14N6O4/c1-15(5-7-4-12-16(2)6-7)11(18)8-9(17(19)20)10(21-3)14-13-8/h4,6H,5H2,1-3H3,(H,13,14). The molecule has 2 aromatic heterocycles. The van der Waals surface area contributed by atoms with Crippen LogP contribution in [-0.2, 0) is 13.6 Å². The van der Waals surface area contributed by atoms with Gasteiger partial charge < -0.3 is 9.64 Å². The number of ether oxygens (including phenoxy) is 1. The lowest BCUT2D eigenvalue weighted by Gasteiger charge is -2.14. The molecule has 112 valence electrons. The maximum Gasteiger partial charge on any atom is 0.362 e. The van der Waals surface area contributed by atoms with Crippen molar-refractivity contribution in [2.45, 2.75) is 6.54 Å². The van der Waals surface area contributed by atoms with Crippen molar-refractivity contribution in [2.75, 3.05) is 14.2 Å². The van der Waals surface area contributed by atoms with Gasteiger partial charge in [0, 0.05) is 32.4 Å². The fourth-order valence-electron chi connectivity index (χ4n) is 1.87. The Morgan fingerprint density at radius 1 is 1.62 bits per heavy atom. The zero-order valence-corrected chi connectivity index (χ0v) is 11.7. The molecule has 0 aromatic carbocycles. The molecule has 0 spiro atoms. The van der Waals surface area contributed by atoms with E-state index in [0.717, 1.165) is 5.56 Å². The van der Waals surface area contributed by atoms with Crippen molar-refractivity contribution in [1.29, 1.82) is 0 Å². The number of hydrogen-bond donors (Lipinski definition) is 1. The van der Waals surface area contributed by atoms with E-state index in [1.165, 1.54) is 19.1 Å².